The van der Waals surface area contributed by atoms with Crippen LogP contribution in [0.1, 0.15) is 64.0 Å². The van der Waals surface area contributed by atoms with Crippen LogP contribution in [-0.2, 0) is 10.2 Å². The molecule has 0 radical (unpaired) electrons. The van der Waals surface area contributed by atoms with E-state index in [0.717, 1.165) is 22.9 Å². The van der Waals surface area contributed by atoms with E-state index in [2.05, 4.69) is 26.0 Å². The third kappa shape index (κ3) is 3.81. The van der Waals surface area contributed by atoms with Crippen LogP contribution < -0.4 is 20.7 Å². The number of nitrogens with two attached hydrogens (primary N) is 1. The van der Waals surface area contributed by atoms with Crippen molar-refractivity contribution in [1.29, 1.82) is 0 Å². The molecule has 5 aromatic rings. The van der Waals surface area contributed by atoms with Gasteiger partial charge in [-0.05, 0) is 66.0 Å². The van der Waals surface area contributed by atoms with Crippen LogP contribution in [0, 0.1) is 12.3 Å². The molecular weight excluding hydrogens is 542 g/mol. The molecule has 1 amide bonds. The molecule has 2 aromatic carbocycles. The van der Waals surface area contributed by atoms with Gasteiger partial charge in [-0.15, -0.1) is 11.5 Å². The van der Waals surface area contributed by atoms with Crippen molar-refractivity contribution in [3.05, 3.63) is 99.2 Å². The van der Waals surface area contributed by atoms with Gasteiger partial charge in [0.05, 0.1) is 17.1 Å². The molecule has 0 bridgehead atoms. The monoisotopic (exact) mass is 565 g/mol. The number of rotatable bonds is 6. The number of benzene rings is 2. The van der Waals surface area contributed by atoms with Crippen molar-refractivity contribution < 1.29 is 13.2 Å². The van der Waals surface area contributed by atoms with Gasteiger partial charge in [0.25, 0.3) is 21.7 Å². The number of hydrogen-bond acceptors (Lipinski definition) is 6. The van der Waals surface area contributed by atoms with E-state index in [1.165, 1.54) is 16.9 Å². The molecule has 0 saturated heterocycles. The summed E-state index contributed by atoms with van der Waals surface area (Å²) in [5, 5.41) is 13.7. The van der Waals surface area contributed by atoms with Crippen LogP contribution in [0.4, 0.5) is 5.82 Å². The van der Waals surface area contributed by atoms with E-state index in [9.17, 15) is 18.0 Å². The minimum Gasteiger partial charge on any atom is -0.344 e. The average molecular weight is 566 g/mol. The summed E-state index contributed by atoms with van der Waals surface area (Å²) in [6, 6.07) is 14.0. The lowest BCUT2D eigenvalue weighted by molar-refractivity contribution is 0.0941. The van der Waals surface area contributed by atoms with Gasteiger partial charge in [0, 0.05) is 23.6 Å². The zero-order chi connectivity index (χ0) is 28.6. The molecular formula is C29H23N7O4S. The topological polar surface area (TPSA) is 153 Å². The first kappa shape index (κ1) is 25.0. The Morgan fingerprint density at radius 2 is 1.93 bits per heavy atom. The van der Waals surface area contributed by atoms with Gasteiger partial charge in [0.2, 0.25) is 0 Å². The normalized spacial score (nSPS) is 17.7. The van der Waals surface area contributed by atoms with Crippen LogP contribution in [0.2, 0.25) is 0 Å². The molecule has 2 aliphatic carbocycles. The van der Waals surface area contributed by atoms with E-state index >= 15 is 0 Å². The Morgan fingerprint density at radius 1 is 1.15 bits per heavy atom. The second kappa shape index (κ2) is 8.76. The first-order valence-corrected chi connectivity index (χ1v) is 14.4. The lowest BCUT2D eigenvalue weighted by Crippen LogP contribution is -2.34. The number of aromatic nitrogens is 4. The summed E-state index contributed by atoms with van der Waals surface area (Å²) in [7, 11) is -4.24. The van der Waals surface area contributed by atoms with E-state index in [1.807, 2.05) is 42.5 Å². The van der Waals surface area contributed by atoms with Gasteiger partial charge in [-0.3, -0.25) is 18.9 Å². The summed E-state index contributed by atoms with van der Waals surface area (Å²) in [5.74, 6) is 2.27. The molecule has 2 aliphatic rings. The highest BCUT2D eigenvalue weighted by Gasteiger charge is 2.50. The van der Waals surface area contributed by atoms with E-state index in [-0.39, 0.29) is 28.5 Å². The first-order chi connectivity index (χ1) is 19.7. The number of para-hydroxylation sites is 1. The van der Waals surface area contributed by atoms with E-state index in [4.69, 9.17) is 11.6 Å². The standard InChI is InChI=1S/C29H23N7O4S/c1-3-16-10-11-18-19-14-20(19)23-22(18)21(16)29(38)36(17-8-5-4-6-9-17)25(23)15(2)32-28(37)24-26(34-41(30,39)40)33-35-13-7-12-31-27(24)35/h1,4-13,15,19-20H,14H2,2H3,(H,32,37)(H,33,34)(H2,30,39,40)/t15-,19+,20+/m1/s1. The number of fused-ring (bicyclic) bond motifs is 4. The maximum absolute atomic E-state index is 14.2. The minimum absolute atomic E-state index is 0.100. The van der Waals surface area contributed by atoms with Gasteiger partial charge in [-0.25, -0.2) is 14.6 Å². The molecule has 12 heteroatoms. The van der Waals surface area contributed by atoms with Crippen LogP contribution in [-0.4, -0.2) is 33.5 Å². The van der Waals surface area contributed by atoms with Gasteiger partial charge >= 0.3 is 0 Å². The summed E-state index contributed by atoms with van der Waals surface area (Å²) in [6.45, 7) is 1.79. The fraction of sp³-hybridized carbons (Fsp3) is 0.172. The Balaban J connectivity index is 1.43. The SMILES string of the molecule is C#Cc1ccc2c3c(c([C@@H](C)NC(=O)c4c(NS(N)(=O)=O)nn5cccnc45)n(-c4ccccc4)c(=O)c13)[C@H]1C[C@@H]21. The quantitative estimate of drug-likeness (QED) is 0.269. The van der Waals surface area contributed by atoms with Gasteiger partial charge in [-0.2, -0.15) is 8.42 Å². The van der Waals surface area contributed by atoms with Crippen LogP contribution in [0.25, 0.3) is 22.1 Å². The molecule has 3 heterocycles. The lowest BCUT2D eigenvalue weighted by atomic mass is 9.94. The van der Waals surface area contributed by atoms with Crippen molar-refractivity contribution in [3.63, 3.8) is 0 Å². The Kier molecular flexibility index (Phi) is 5.34. The number of terminal acetylenes is 1. The highest BCUT2D eigenvalue weighted by molar-refractivity contribution is 7.90. The molecule has 0 spiro atoms. The van der Waals surface area contributed by atoms with E-state index < -0.39 is 22.2 Å². The summed E-state index contributed by atoms with van der Waals surface area (Å²) < 4.78 is 28.7. The lowest BCUT2D eigenvalue weighted by Gasteiger charge is -2.25. The van der Waals surface area contributed by atoms with Crippen molar-refractivity contribution in [2.24, 2.45) is 5.14 Å². The summed E-state index contributed by atoms with van der Waals surface area (Å²) in [5.41, 5.74) is 3.67. The zero-order valence-electron chi connectivity index (χ0n) is 21.7. The van der Waals surface area contributed by atoms with Crippen LogP contribution in [0.5, 0.6) is 0 Å². The predicted octanol–water partition coefficient (Wildman–Crippen LogP) is 2.71. The molecule has 1 fully saturated rings. The third-order valence-corrected chi connectivity index (χ3v) is 8.27. The minimum atomic E-state index is -4.24. The summed E-state index contributed by atoms with van der Waals surface area (Å²) >= 11 is 0. The molecule has 11 nitrogen and oxygen atoms in total. The maximum atomic E-state index is 14.2. The van der Waals surface area contributed by atoms with Gasteiger partial charge in [-0.1, -0.05) is 30.2 Å². The Hall–Kier alpha value is -4.99. The maximum Gasteiger partial charge on any atom is 0.297 e. The number of carbonyl (C=O) groups is 1. The second-order valence-corrected chi connectivity index (χ2v) is 11.6. The van der Waals surface area contributed by atoms with Crippen LogP contribution in [0.3, 0.4) is 0 Å². The van der Waals surface area contributed by atoms with Crippen LogP contribution in [0.15, 0.2) is 65.7 Å². The molecule has 7 rings (SSSR count). The summed E-state index contributed by atoms with van der Waals surface area (Å²) in [4.78, 5) is 32.3. The molecule has 1 saturated carbocycles. The highest BCUT2D eigenvalue weighted by Crippen LogP contribution is 2.64. The number of carbonyl (C=O) groups excluding carboxylic acids is 1. The molecule has 3 aromatic heterocycles. The smallest absolute Gasteiger partial charge is 0.297 e. The van der Waals surface area contributed by atoms with E-state index in [0.29, 0.717) is 28.2 Å². The fourth-order valence-corrected chi connectivity index (χ4v) is 6.58. The highest BCUT2D eigenvalue weighted by atomic mass is 32.2. The first-order valence-electron chi connectivity index (χ1n) is 12.9. The van der Waals surface area contributed by atoms with Crippen LogP contribution >= 0.6 is 0 Å². The van der Waals surface area contributed by atoms with Gasteiger partial charge in [0.1, 0.15) is 5.56 Å². The number of nitrogens with zero attached hydrogens (tertiary/aromatic N) is 4. The predicted molar refractivity (Wildman–Crippen MR) is 153 cm³/mol. The fourth-order valence-electron chi connectivity index (χ4n) is 6.16. The number of pyridine rings is 1. The number of hydrogen-bond donors (Lipinski definition) is 3. The Bertz CT molecular complexity index is 2150. The Labute approximate surface area is 234 Å². The molecule has 3 atom stereocenters. The van der Waals surface area contributed by atoms with E-state index in [1.54, 1.807) is 17.6 Å². The van der Waals surface area contributed by atoms with Crippen molar-refractivity contribution >= 4 is 38.4 Å². The number of anilines is 1. The third-order valence-electron chi connectivity index (χ3n) is 7.79. The average Bonchev–Trinajstić information content (AvgIpc) is 3.55. The molecule has 0 aliphatic heterocycles. The summed E-state index contributed by atoms with van der Waals surface area (Å²) in [6.07, 6.45) is 9.78. The number of nitrogens with one attached hydrogen (secondary N) is 2. The van der Waals surface area contributed by atoms with Crippen molar-refractivity contribution in [3.8, 4) is 18.0 Å². The van der Waals surface area contributed by atoms with Gasteiger partial charge < -0.3 is 5.32 Å². The molecule has 41 heavy (non-hydrogen) atoms. The Morgan fingerprint density at radius 3 is 2.66 bits per heavy atom. The van der Waals surface area contributed by atoms with Gasteiger partial charge in [0.15, 0.2) is 11.5 Å². The molecule has 4 N–H and O–H groups in total. The second-order valence-electron chi connectivity index (χ2n) is 10.3. The largest absolute Gasteiger partial charge is 0.344 e. The van der Waals surface area contributed by atoms with Crippen molar-refractivity contribution in [2.45, 2.75) is 31.2 Å². The molecule has 204 valence electrons. The molecule has 0 unspecified atom stereocenters. The van der Waals surface area contributed by atoms with Crippen molar-refractivity contribution in [1.82, 2.24) is 24.5 Å². The van der Waals surface area contributed by atoms with Crippen molar-refractivity contribution in [2.75, 3.05) is 4.72 Å². The number of amides is 1. The zero-order valence-corrected chi connectivity index (χ0v) is 22.5.